The van der Waals surface area contributed by atoms with Gasteiger partial charge in [-0.25, -0.2) is 9.67 Å². The number of carbonyl (C=O) groups excluding carboxylic acids is 2. The van der Waals surface area contributed by atoms with Crippen molar-refractivity contribution in [1.82, 2.24) is 14.8 Å². The van der Waals surface area contributed by atoms with Crippen LogP contribution in [0.1, 0.15) is 110 Å². The summed E-state index contributed by atoms with van der Waals surface area (Å²) in [5.41, 5.74) is 4.04. The molecule has 51 heavy (non-hydrogen) atoms. The fraction of sp³-hybridized carbons (Fsp3) is 0.886. The van der Waals surface area contributed by atoms with E-state index in [1.165, 1.54) is 0 Å². The molecule has 294 valence electrons. The predicted octanol–water partition coefficient (Wildman–Crippen LogP) is 2.68. The summed E-state index contributed by atoms with van der Waals surface area (Å²) in [4.78, 5) is 28.5. The van der Waals surface area contributed by atoms with Gasteiger partial charge in [-0.15, -0.1) is 5.10 Å². The second kappa shape index (κ2) is 22.1. The van der Waals surface area contributed by atoms with Crippen LogP contribution in [0.25, 0.3) is 0 Å². The molecular formula is C35H62N4O12. The van der Waals surface area contributed by atoms with E-state index >= 15 is 0 Å². The second-order valence-electron chi connectivity index (χ2n) is 13.8. The molecule has 9 atom stereocenters. The molecule has 4 N–H and O–H groups in total. The molecule has 0 aliphatic carbocycles. The van der Waals surface area contributed by atoms with Crippen molar-refractivity contribution in [2.24, 2.45) is 11.1 Å². The number of ether oxygens (including phenoxy) is 8. The SMILES string of the molecule is CCCCOCC1O[C@@H](OCC(C)(C)C(=O)OC[C@H]2O[C@@H](n3cnc(C(N)=O)n3)[C@H](O)[C@@H]2O)C(OCCCC)C(OCCCC)[C@H]1OCCCC. The Morgan fingerprint density at radius 1 is 0.804 bits per heavy atom. The van der Waals surface area contributed by atoms with Crippen LogP contribution < -0.4 is 5.73 Å². The van der Waals surface area contributed by atoms with E-state index in [0.717, 1.165) is 62.4 Å². The van der Waals surface area contributed by atoms with Gasteiger partial charge in [0.05, 0.1) is 18.6 Å². The van der Waals surface area contributed by atoms with Crippen molar-refractivity contribution in [3.8, 4) is 0 Å². The zero-order valence-corrected chi connectivity index (χ0v) is 31.3. The van der Waals surface area contributed by atoms with Crippen molar-refractivity contribution in [3.63, 3.8) is 0 Å². The number of rotatable bonds is 25. The van der Waals surface area contributed by atoms with Crippen LogP contribution in [0.3, 0.4) is 0 Å². The average Bonchev–Trinajstić information content (AvgIpc) is 3.71. The first-order valence-corrected chi connectivity index (χ1v) is 18.6. The van der Waals surface area contributed by atoms with Gasteiger partial charge in [-0.05, 0) is 39.5 Å². The molecule has 0 saturated carbocycles. The highest BCUT2D eigenvalue weighted by atomic mass is 16.7. The number of aromatic nitrogens is 3. The first-order valence-electron chi connectivity index (χ1n) is 18.6. The maximum Gasteiger partial charge on any atom is 0.313 e. The lowest BCUT2D eigenvalue weighted by Crippen LogP contribution is -2.62. The number of unbranched alkanes of at least 4 members (excludes halogenated alkanes) is 4. The fourth-order valence-corrected chi connectivity index (χ4v) is 5.55. The molecule has 2 saturated heterocycles. The van der Waals surface area contributed by atoms with Crippen LogP contribution >= 0.6 is 0 Å². The van der Waals surface area contributed by atoms with Crippen molar-refractivity contribution in [2.45, 2.75) is 148 Å². The summed E-state index contributed by atoms with van der Waals surface area (Å²) in [5.74, 6) is -1.75. The zero-order valence-electron chi connectivity index (χ0n) is 31.3. The number of nitrogens with zero attached hydrogens (tertiary/aromatic N) is 3. The molecule has 0 bridgehead atoms. The first-order chi connectivity index (χ1) is 24.5. The highest BCUT2D eigenvalue weighted by molar-refractivity contribution is 5.88. The molecule has 3 heterocycles. The van der Waals surface area contributed by atoms with Crippen LogP contribution in [-0.4, -0.2) is 132 Å². The van der Waals surface area contributed by atoms with Gasteiger partial charge in [0.1, 0.15) is 55.7 Å². The number of esters is 1. The predicted molar refractivity (Wildman–Crippen MR) is 183 cm³/mol. The smallest absolute Gasteiger partial charge is 0.313 e. The number of aliphatic hydroxyl groups is 2. The highest BCUT2D eigenvalue weighted by Gasteiger charge is 2.50. The number of carbonyl (C=O) groups is 2. The van der Waals surface area contributed by atoms with Crippen molar-refractivity contribution < 1.29 is 57.7 Å². The van der Waals surface area contributed by atoms with Crippen LogP contribution in [0.2, 0.25) is 0 Å². The second-order valence-corrected chi connectivity index (χ2v) is 13.8. The molecule has 16 nitrogen and oxygen atoms in total. The van der Waals surface area contributed by atoms with E-state index in [-0.39, 0.29) is 25.6 Å². The maximum atomic E-state index is 13.4. The van der Waals surface area contributed by atoms with Gasteiger partial charge >= 0.3 is 5.97 Å². The molecule has 0 spiro atoms. The van der Waals surface area contributed by atoms with E-state index in [9.17, 15) is 19.8 Å². The van der Waals surface area contributed by atoms with Gasteiger partial charge in [-0.1, -0.05) is 53.4 Å². The molecule has 1 amide bonds. The van der Waals surface area contributed by atoms with E-state index in [4.69, 9.17) is 43.6 Å². The summed E-state index contributed by atoms with van der Waals surface area (Å²) in [6.45, 7) is 13.7. The Bertz CT molecular complexity index is 1160. The Labute approximate surface area is 301 Å². The third kappa shape index (κ3) is 12.7. The topological polar surface area (TPSA) is 205 Å². The van der Waals surface area contributed by atoms with E-state index < -0.39 is 72.5 Å². The van der Waals surface area contributed by atoms with Crippen molar-refractivity contribution in [2.75, 3.05) is 46.2 Å². The molecule has 16 heteroatoms. The summed E-state index contributed by atoms with van der Waals surface area (Å²) in [7, 11) is 0. The third-order valence-electron chi connectivity index (χ3n) is 8.81. The Balaban J connectivity index is 1.72. The van der Waals surface area contributed by atoms with Crippen LogP contribution in [0.4, 0.5) is 0 Å². The van der Waals surface area contributed by atoms with Crippen LogP contribution in [0.15, 0.2) is 6.33 Å². The maximum absolute atomic E-state index is 13.4. The average molecular weight is 731 g/mol. The van der Waals surface area contributed by atoms with Gasteiger partial charge in [-0.3, -0.25) is 9.59 Å². The molecule has 3 rings (SSSR count). The van der Waals surface area contributed by atoms with Gasteiger partial charge in [-0.2, -0.15) is 0 Å². The lowest BCUT2D eigenvalue weighted by molar-refractivity contribution is -0.326. The number of amides is 1. The number of hydrogen-bond donors (Lipinski definition) is 3. The zero-order chi connectivity index (χ0) is 37.4. The molecule has 2 aliphatic rings. The van der Waals surface area contributed by atoms with Gasteiger partial charge in [0, 0.05) is 26.4 Å². The van der Waals surface area contributed by atoms with E-state index in [1.807, 2.05) is 0 Å². The molecule has 0 aromatic carbocycles. The van der Waals surface area contributed by atoms with E-state index in [0.29, 0.717) is 26.4 Å². The standard InChI is InChI=1S/C35H62N4O12/c1-7-11-15-44-19-24-27(45-16-12-8-2)28(46-17-13-9-3)29(47-18-14-10-4)33(51-24)49-21-35(5,6)34(43)48-20-23-25(40)26(41)32(50-23)39-22-37-31(38-39)30(36)42/h22-29,32-33,40-41H,7-21H2,1-6H3,(H2,36,42)/t23-,24?,25-,26-,27+,28?,29?,32-,33-/m1/s1. The highest BCUT2D eigenvalue weighted by Crippen LogP contribution is 2.33. The quantitative estimate of drug-likeness (QED) is 0.0978. The Hall–Kier alpha value is -2.28. The number of nitrogens with two attached hydrogens (primary N) is 1. The summed E-state index contributed by atoms with van der Waals surface area (Å²) in [6, 6.07) is 0. The van der Waals surface area contributed by atoms with Crippen LogP contribution in [-0.2, 0) is 42.7 Å². The van der Waals surface area contributed by atoms with Gasteiger partial charge in [0.25, 0.3) is 5.91 Å². The van der Waals surface area contributed by atoms with E-state index in [2.05, 4.69) is 37.8 Å². The van der Waals surface area contributed by atoms with Crippen LogP contribution in [0.5, 0.6) is 0 Å². The van der Waals surface area contributed by atoms with Gasteiger partial charge in [0.2, 0.25) is 5.82 Å². The van der Waals surface area contributed by atoms with Crippen molar-refractivity contribution in [3.05, 3.63) is 12.2 Å². The number of primary amides is 1. The van der Waals surface area contributed by atoms with Crippen LogP contribution in [0, 0.1) is 5.41 Å². The first kappa shape index (κ1) is 43.1. The fourth-order valence-electron chi connectivity index (χ4n) is 5.55. The molecule has 3 unspecified atom stereocenters. The summed E-state index contributed by atoms with van der Waals surface area (Å²) in [5, 5.41) is 25.1. The third-order valence-corrected chi connectivity index (χ3v) is 8.81. The van der Waals surface area contributed by atoms with Gasteiger partial charge < -0.3 is 53.8 Å². The minimum Gasteiger partial charge on any atom is -0.462 e. The molecule has 2 fully saturated rings. The summed E-state index contributed by atoms with van der Waals surface area (Å²) < 4.78 is 50.7. The molecule has 1 aromatic rings. The van der Waals surface area contributed by atoms with Crippen molar-refractivity contribution >= 4 is 11.9 Å². The largest absolute Gasteiger partial charge is 0.462 e. The molecule has 1 aromatic heterocycles. The Kier molecular flexibility index (Phi) is 18.7. The number of aliphatic hydroxyl groups excluding tert-OH is 2. The normalized spacial score (nSPS) is 28.3. The van der Waals surface area contributed by atoms with E-state index in [1.54, 1.807) is 13.8 Å². The molecule has 0 radical (unpaired) electrons. The Morgan fingerprint density at radius 2 is 1.39 bits per heavy atom. The van der Waals surface area contributed by atoms with Crippen molar-refractivity contribution in [1.29, 1.82) is 0 Å². The number of hydrogen-bond acceptors (Lipinski definition) is 14. The lowest BCUT2D eigenvalue weighted by Gasteiger charge is -2.46. The molecule has 2 aliphatic heterocycles. The molecular weight excluding hydrogens is 668 g/mol. The summed E-state index contributed by atoms with van der Waals surface area (Å²) in [6.07, 6.45) is 0.488. The summed E-state index contributed by atoms with van der Waals surface area (Å²) >= 11 is 0. The monoisotopic (exact) mass is 730 g/mol. The lowest BCUT2D eigenvalue weighted by atomic mass is 9.94. The minimum absolute atomic E-state index is 0.0925. The van der Waals surface area contributed by atoms with Gasteiger partial charge in [0.15, 0.2) is 12.5 Å². The minimum atomic E-state index is -1.43. The Morgan fingerprint density at radius 3 is 1.98 bits per heavy atom.